The van der Waals surface area contributed by atoms with Gasteiger partial charge in [-0.3, -0.25) is 0 Å². The van der Waals surface area contributed by atoms with Crippen LogP contribution in [0.4, 0.5) is 0 Å². The molecule has 1 aliphatic rings. The van der Waals surface area contributed by atoms with Crippen LogP contribution in [0.25, 0.3) is 0 Å². The lowest BCUT2D eigenvalue weighted by molar-refractivity contribution is 0.124. The highest BCUT2D eigenvalue weighted by atomic mass is 16.5. The Labute approximate surface area is 132 Å². The lowest BCUT2D eigenvalue weighted by Gasteiger charge is -2.38. The molecule has 0 aliphatic heterocycles. The van der Waals surface area contributed by atoms with Crippen molar-refractivity contribution in [2.75, 3.05) is 46.4 Å². The first-order valence-corrected chi connectivity index (χ1v) is 9.18. The van der Waals surface area contributed by atoms with E-state index >= 15 is 0 Å². The monoisotopic (exact) mass is 298 g/mol. The van der Waals surface area contributed by atoms with Crippen LogP contribution in [-0.4, -0.2) is 51.3 Å². The van der Waals surface area contributed by atoms with Crippen molar-refractivity contribution in [2.45, 2.75) is 65.2 Å². The summed E-state index contributed by atoms with van der Waals surface area (Å²) < 4.78 is 5.17. The van der Waals surface area contributed by atoms with E-state index in [1.165, 1.54) is 77.5 Å². The highest BCUT2D eigenvalue weighted by Crippen LogP contribution is 2.35. The molecule has 0 radical (unpaired) electrons. The molecule has 1 saturated carbocycles. The van der Waals surface area contributed by atoms with Crippen LogP contribution in [0.15, 0.2) is 0 Å². The molecule has 1 fully saturated rings. The largest absolute Gasteiger partial charge is 0.383 e. The first-order chi connectivity index (χ1) is 10.3. The second kappa shape index (κ2) is 11.4. The summed E-state index contributed by atoms with van der Waals surface area (Å²) in [6.07, 6.45) is 11.1. The minimum Gasteiger partial charge on any atom is -0.383 e. The number of hydrogen-bond acceptors (Lipinski definition) is 3. The number of ether oxygens (including phenoxy) is 1. The van der Waals surface area contributed by atoms with Crippen molar-refractivity contribution >= 4 is 0 Å². The molecule has 0 amide bonds. The van der Waals surface area contributed by atoms with Crippen LogP contribution in [0.2, 0.25) is 0 Å². The van der Waals surface area contributed by atoms with Crippen LogP contribution < -0.4 is 5.32 Å². The van der Waals surface area contributed by atoms with E-state index in [0.717, 1.165) is 13.2 Å². The van der Waals surface area contributed by atoms with Crippen LogP contribution in [0.5, 0.6) is 0 Å². The number of unbranched alkanes of at least 4 members (excludes halogenated alkanes) is 1. The molecule has 0 aromatic heterocycles. The van der Waals surface area contributed by atoms with Gasteiger partial charge in [0.05, 0.1) is 6.61 Å². The van der Waals surface area contributed by atoms with Crippen molar-refractivity contribution in [2.24, 2.45) is 5.41 Å². The van der Waals surface area contributed by atoms with Crippen LogP contribution >= 0.6 is 0 Å². The number of nitrogens with one attached hydrogen (secondary N) is 1. The topological polar surface area (TPSA) is 24.5 Å². The van der Waals surface area contributed by atoms with Gasteiger partial charge >= 0.3 is 0 Å². The van der Waals surface area contributed by atoms with Gasteiger partial charge in [0.1, 0.15) is 0 Å². The lowest BCUT2D eigenvalue weighted by atomic mass is 9.79. The zero-order valence-corrected chi connectivity index (χ0v) is 14.8. The maximum absolute atomic E-state index is 5.17. The molecule has 0 unspecified atom stereocenters. The van der Waals surface area contributed by atoms with Gasteiger partial charge in [0.15, 0.2) is 0 Å². The summed E-state index contributed by atoms with van der Waals surface area (Å²) in [6, 6.07) is 0. The molecule has 1 N–H and O–H groups in total. The molecule has 0 heterocycles. The number of nitrogens with zero attached hydrogens (tertiary/aromatic N) is 1. The van der Waals surface area contributed by atoms with Gasteiger partial charge in [-0.2, -0.15) is 0 Å². The maximum Gasteiger partial charge on any atom is 0.0587 e. The molecule has 0 bridgehead atoms. The third kappa shape index (κ3) is 7.62. The molecular formula is C18H38N2O. The third-order valence-electron chi connectivity index (χ3n) is 4.98. The minimum atomic E-state index is 0.494. The van der Waals surface area contributed by atoms with E-state index < -0.39 is 0 Å². The van der Waals surface area contributed by atoms with E-state index in [1.54, 1.807) is 7.11 Å². The predicted octanol–water partition coefficient (Wildman–Crippen LogP) is 3.69. The Morgan fingerprint density at radius 3 is 2.38 bits per heavy atom. The molecule has 3 heteroatoms. The second-order valence-electron chi connectivity index (χ2n) is 6.81. The molecule has 0 atom stereocenters. The summed E-state index contributed by atoms with van der Waals surface area (Å²) in [7, 11) is 1.78. The number of rotatable bonds is 11. The SMILES string of the molecule is CCCCN(CC)CC1(CNCCOC)CCCCCC1. The molecule has 21 heavy (non-hydrogen) atoms. The van der Waals surface area contributed by atoms with Gasteiger partial charge in [-0.05, 0) is 37.8 Å². The van der Waals surface area contributed by atoms with Gasteiger partial charge < -0.3 is 15.0 Å². The van der Waals surface area contributed by atoms with Crippen LogP contribution in [-0.2, 0) is 4.74 Å². The highest BCUT2D eigenvalue weighted by molar-refractivity contribution is 4.87. The standard InChI is InChI=1S/C18H38N2O/c1-4-6-14-20(5-2)17-18(16-19-13-15-21-3)11-9-7-8-10-12-18/h19H,4-17H2,1-3H3. The maximum atomic E-state index is 5.17. The fourth-order valence-electron chi connectivity index (χ4n) is 3.60. The average Bonchev–Trinajstić information content (AvgIpc) is 2.74. The lowest BCUT2D eigenvalue weighted by Crippen LogP contribution is -2.45. The van der Waals surface area contributed by atoms with E-state index in [2.05, 4.69) is 24.1 Å². The van der Waals surface area contributed by atoms with Crippen molar-refractivity contribution in [3.05, 3.63) is 0 Å². The molecular weight excluding hydrogens is 260 g/mol. The summed E-state index contributed by atoms with van der Waals surface area (Å²) >= 11 is 0. The summed E-state index contributed by atoms with van der Waals surface area (Å²) in [5, 5.41) is 3.66. The molecule has 126 valence electrons. The molecule has 1 aliphatic carbocycles. The van der Waals surface area contributed by atoms with Crippen molar-refractivity contribution in [1.29, 1.82) is 0 Å². The third-order valence-corrected chi connectivity index (χ3v) is 4.98. The van der Waals surface area contributed by atoms with Gasteiger partial charge in [-0.1, -0.05) is 46.0 Å². The van der Waals surface area contributed by atoms with Crippen LogP contribution in [0.3, 0.4) is 0 Å². The Balaban J connectivity index is 2.56. The van der Waals surface area contributed by atoms with E-state index in [4.69, 9.17) is 4.74 Å². The first-order valence-electron chi connectivity index (χ1n) is 9.18. The Morgan fingerprint density at radius 2 is 1.81 bits per heavy atom. The molecule has 0 aromatic carbocycles. The van der Waals surface area contributed by atoms with Gasteiger partial charge in [0.25, 0.3) is 0 Å². The van der Waals surface area contributed by atoms with E-state index in [1.807, 2.05) is 0 Å². The van der Waals surface area contributed by atoms with Gasteiger partial charge in [0, 0.05) is 26.7 Å². The zero-order chi connectivity index (χ0) is 15.4. The van der Waals surface area contributed by atoms with Crippen molar-refractivity contribution in [1.82, 2.24) is 10.2 Å². The number of methoxy groups -OCH3 is 1. The average molecular weight is 299 g/mol. The molecule has 0 saturated heterocycles. The normalized spacial score (nSPS) is 18.9. The Kier molecular flexibility index (Phi) is 10.3. The van der Waals surface area contributed by atoms with Gasteiger partial charge in [-0.15, -0.1) is 0 Å². The Morgan fingerprint density at radius 1 is 1.10 bits per heavy atom. The summed E-state index contributed by atoms with van der Waals surface area (Å²) in [6.45, 7) is 11.3. The van der Waals surface area contributed by atoms with Crippen molar-refractivity contribution < 1.29 is 4.74 Å². The second-order valence-corrected chi connectivity index (χ2v) is 6.81. The van der Waals surface area contributed by atoms with Crippen molar-refractivity contribution in [3.8, 4) is 0 Å². The molecule has 3 nitrogen and oxygen atoms in total. The Bertz CT molecular complexity index is 237. The summed E-state index contributed by atoms with van der Waals surface area (Å²) in [5.74, 6) is 0. The van der Waals surface area contributed by atoms with Crippen molar-refractivity contribution in [3.63, 3.8) is 0 Å². The van der Waals surface area contributed by atoms with Crippen LogP contribution in [0, 0.1) is 5.41 Å². The quantitative estimate of drug-likeness (QED) is 0.465. The zero-order valence-electron chi connectivity index (χ0n) is 14.8. The van der Waals surface area contributed by atoms with E-state index in [0.29, 0.717) is 5.41 Å². The summed E-state index contributed by atoms with van der Waals surface area (Å²) in [5.41, 5.74) is 0.494. The number of hydrogen-bond donors (Lipinski definition) is 1. The van der Waals surface area contributed by atoms with E-state index in [-0.39, 0.29) is 0 Å². The predicted molar refractivity (Wildman–Crippen MR) is 91.9 cm³/mol. The summed E-state index contributed by atoms with van der Waals surface area (Å²) in [4.78, 5) is 2.69. The van der Waals surface area contributed by atoms with Gasteiger partial charge in [0.2, 0.25) is 0 Å². The van der Waals surface area contributed by atoms with E-state index in [9.17, 15) is 0 Å². The molecule has 0 spiro atoms. The van der Waals surface area contributed by atoms with Gasteiger partial charge in [-0.25, -0.2) is 0 Å². The smallest absolute Gasteiger partial charge is 0.0587 e. The fourth-order valence-corrected chi connectivity index (χ4v) is 3.60. The minimum absolute atomic E-state index is 0.494. The molecule has 0 aromatic rings. The Hall–Kier alpha value is -0.120. The first kappa shape index (κ1) is 18.9. The van der Waals surface area contributed by atoms with Crippen LogP contribution in [0.1, 0.15) is 65.2 Å². The highest BCUT2D eigenvalue weighted by Gasteiger charge is 2.32. The fraction of sp³-hybridized carbons (Fsp3) is 1.00. The molecule has 1 rings (SSSR count).